The molecule has 7 nitrogen and oxygen atoms in total. The highest BCUT2D eigenvalue weighted by molar-refractivity contribution is 5.81. The fourth-order valence-corrected chi connectivity index (χ4v) is 2.80. The fourth-order valence-electron chi connectivity index (χ4n) is 2.80. The lowest BCUT2D eigenvalue weighted by Crippen LogP contribution is -2.29. The van der Waals surface area contributed by atoms with Crippen LogP contribution in [-0.2, 0) is 11.3 Å². The fraction of sp³-hybridized carbons (Fsp3) is 0.263. The molecule has 1 fully saturated rings. The summed E-state index contributed by atoms with van der Waals surface area (Å²) in [5, 5.41) is 17.7. The van der Waals surface area contributed by atoms with Crippen molar-refractivity contribution < 1.29 is 9.18 Å². The molecule has 2 aromatic carbocycles. The van der Waals surface area contributed by atoms with E-state index in [9.17, 15) is 9.18 Å². The normalized spacial score (nSPS) is 13.4. The molecule has 2 N–H and O–H groups in total. The molecule has 0 aliphatic heterocycles. The molecule has 8 heteroatoms. The Hall–Kier alpha value is -3.29. The van der Waals surface area contributed by atoms with E-state index in [1.165, 1.54) is 6.07 Å². The summed E-state index contributed by atoms with van der Waals surface area (Å²) in [6, 6.07) is 14.4. The van der Waals surface area contributed by atoms with Crippen molar-refractivity contribution in [3.8, 4) is 11.4 Å². The lowest BCUT2D eigenvalue weighted by atomic mass is 10.2. The van der Waals surface area contributed by atoms with Gasteiger partial charge < -0.3 is 10.6 Å². The highest BCUT2D eigenvalue weighted by Crippen LogP contribution is 2.36. The molecule has 0 bridgehead atoms. The minimum Gasteiger partial charge on any atom is -0.376 e. The molecular formula is C19H19FN6O. The minimum atomic E-state index is -0.327. The maximum atomic E-state index is 13.6. The van der Waals surface area contributed by atoms with E-state index in [1.54, 1.807) is 18.2 Å². The summed E-state index contributed by atoms with van der Waals surface area (Å²) in [4.78, 5) is 12.0. The van der Waals surface area contributed by atoms with Crippen LogP contribution >= 0.6 is 0 Å². The summed E-state index contributed by atoms with van der Waals surface area (Å²) in [6.07, 6.45) is 2.19. The Bertz CT molecular complexity index is 953. The number of aromatic nitrogens is 4. The van der Waals surface area contributed by atoms with Crippen molar-refractivity contribution in [2.75, 3.05) is 11.9 Å². The third kappa shape index (κ3) is 4.11. The van der Waals surface area contributed by atoms with E-state index in [2.05, 4.69) is 26.2 Å². The Morgan fingerprint density at radius 1 is 1.19 bits per heavy atom. The van der Waals surface area contributed by atoms with Gasteiger partial charge in [0.1, 0.15) is 5.82 Å². The van der Waals surface area contributed by atoms with Crippen molar-refractivity contribution in [1.82, 2.24) is 25.5 Å². The number of rotatable bonds is 7. The predicted octanol–water partition coefficient (Wildman–Crippen LogP) is 2.54. The van der Waals surface area contributed by atoms with Crippen molar-refractivity contribution >= 4 is 11.6 Å². The third-order valence-electron chi connectivity index (χ3n) is 4.39. The van der Waals surface area contributed by atoms with E-state index in [-0.39, 0.29) is 24.8 Å². The average Bonchev–Trinajstić information content (AvgIpc) is 3.42. The molecule has 3 aromatic rings. The second-order valence-electron chi connectivity index (χ2n) is 6.48. The number of carbonyl (C=O) groups excluding carboxylic acids is 1. The van der Waals surface area contributed by atoms with Gasteiger partial charge in [-0.2, -0.15) is 0 Å². The Morgan fingerprint density at radius 3 is 2.85 bits per heavy atom. The van der Waals surface area contributed by atoms with Gasteiger partial charge in [0.15, 0.2) is 5.82 Å². The molecule has 0 radical (unpaired) electrons. The number of nitrogens with one attached hydrogen (secondary N) is 2. The zero-order chi connectivity index (χ0) is 18.6. The van der Waals surface area contributed by atoms with Gasteiger partial charge in [0.25, 0.3) is 0 Å². The molecule has 1 heterocycles. The maximum absolute atomic E-state index is 13.6. The molecule has 4 rings (SSSR count). The Morgan fingerprint density at radius 2 is 2.04 bits per heavy atom. The first-order valence-electron chi connectivity index (χ1n) is 8.83. The van der Waals surface area contributed by atoms with Gasteiger partial charge in [-0.25, -0.2) is 9.07 Å². The zero-order valence-electron chi connectivity index (χ0n) is 14.6. The number of tetrazole rings is 1. The molecule has 1 amide bonds. The standard InChI is InChI=1S/C19H19FN6O/c20-17-7-2-1-4-14(17)11-22-18(27)12-21-15-6-3-5-13(10-15)19-23-24-25-26(19)16-8-9-16/h1-7,10,16,21H,8-9,11-12H2,(H,22,27). The van der Waals surface area contributed by atoms with Crippen LogP contribution in [0.15, 0.2) is 48.5 Å². The molecule has 138 valence electrons. The monoisotopic (exact) mass is 366 g/mol. The maximum Gasteiger partial charge on any atom is 0.239 e. The summed E-state index contributed by atoms with van der Waals surface area (Å²) in [7, 11) is 0. The van der Waals surface area contributed by atoms with Crippen LogP contribution in [0.1, 0.15) is 24.4 Å². The van der Waals surface area contributed by atoms with Gasteiger partial charge >= 0.3 is 0 Å². The first-order chi connectivity index (χ1) is 13.2. The van der Waals surface area contributed by atoms with E-state index >= 15 is 0 Å². The van der Waals surface area contributed by atoms with Crippen molar-refractivity contribution in [3.63, 3.8) is 0 Å². The van der Waals surface area contributed by atoms with Gasteiger partial charge in [-0.3, -0.25) is 4.79 Å². The number of carbonyl (C=O) groups is 1. The summed E-state index contributed by atoms with van der Waals surface area (Å²) >= 11 is 0. The van der Waals surface area contributed by atoms with Crippen molar-refractivity contribution in [2.45, 2.75) is 25.4 Å². The number of anilines is 1. The van der Waals surface area contributed by atoms with Crippen LogP contribution in [0, 0.1) is 5.82 Å². The van der Waals surface area contributed by atoms with Crippen LogP contribution in [0.2, 0.25) is 0 Å². The van der Waals surface area contributed by atoms with E-state index < -0.39 is 0 Å². The average molecular weight is 366 g/mol. The van der Waals surface area contributed by atoms with Crippen LogP contribution in [0.3, 0.4) is 0 Å². The number of hydrogen-bond donors (Lipinski definition) is 2. The van der Waals surface area contributed by atoms with E-state index in [0.717, 1.165) is 29.9 Å². The summed E-state index contributed by atoms with van der Waals surface area (Å²) in [5.41, 5.74) is 2.14. The number of benzene rings is 2. The molecule has 0 atom stereocenters. The molecule has 1 aromatic heterocycles. The Balaban J connectivity index is 1.35. The second-order valence-corrected chi connectivity index (χ2v) is 6.48. The SMILES string of the molecule is O=C(CNc1cccc(-c2nnnn2C2CC2)c1)NCc1ccccc1F. The van der Waals surface area contributed by atoms with Gasteiger partial charge in [-0.1, -0.05) is 30.3 Å². The largest absolute Gasteiger partial charge is 0.376 e. The zero-order valence-corrected chi connectivity index (χ0v) is 14.6. The van der Waals surface area contributed by atoms with Gasteiger partial charge in [-0.05, 0) is 41.5 Å². The highest BCUT2D eigenvalue weighted by atomic mass is 19.1. The van der Waals surface area contributed by atoms with Crippen LogP contribution in [0.4, 0.5) is 10.1 Å². The van der Waals surface area contributed by atoms with Crippen molar-refractivity contribution in [2.24, 2.45) is 0 Å². The smallest absolute Gasteiger partial charge is 0.239 e. The van der Waals surface area contributed by atoms with Gasteiger partial charge in [0.2, 0.25) is 5.91 Å². The Labute approximate surface area is 155 Å². The predicted molar refractivity (Wildman–Crippen MR) is 98.3 cm³/mol. The van der Waals surface area contributed by atoms with E-state index in [0.29, 0.717) is 11.6 Å². The van der Waals surface area contributed by atoms with Crippen LogP contribution in [-0.4, -0.2) is 32.7 Å². The molecule has 1 aliphatic rings. The lowest BCUT2D eigenvalue weighted by molar-refractivity contribution is -0.119. The number of nitrogens with zero attached hydrogens (tertiary/aromatic N) is 4. The third-order valence-corrected chi connectivity index (χ3v) is 4.39. The highest BCUT2D eigenvalue weighted by Gasteiger charge is 2.28. The van der Waals surface area contributed by atoms with Crippen molar-refractivity contribution in [1.29, 1.82) is 0 Å². The van der Waals surface area contributed by atoms with Crippen LogP contribution < -0.4 is 10.6 Å². The van der Waals surface area contributed by atoms with E-state index in [1.807, 2.05) is 28.9 Å². The molecular weight excluding hydrogens is 347 g/mol. The summed E-state index contributed by atoms with van der Waals surface area (Å²) < 4.78 is 15.4. The second kappa shape index (κ2) is 7.53. The van der Waals surface area contributed by atoms with Crippen molar-refractivity contribution in [3.05, 3.63) is 59.9 Å². The van der Waals surface area contributed by atoms with E-state index in [4.69, 9.17) is 0 Å². The lowest BCUT2D eigenvalue weighted by Gasteiger charge is -2.10. The quantitative estimate of drug-likeness (QED) is 0.671. The first-order valence-corrected chi connectivity index (χ1v) is 8.83. The molecule has 0 saturated heterocycles. The topological polar surface area (TPSA) is 84.7 Å². The number of amides is 1. The molecule has 0 spiro atoms. The molecule has 27 heavy (non-hydrogen) atoms. The molecule has 0 unspecified atom stereocenters. The van der Waals surface area contributed by atoms with Crippen LogP contribution in [0.25, 0.3) is 11.4 Å². The molecule has 1 saturated carbocycles. The first kappa shape index (κ1) is 17.1. The molecule has 1 aliphatic carbocycles. The number of halogens is 1. The Kier molecular flexibility index (Phi) is 4.78. The minimum absolute atomic E-state index is 0.0888. The van der Waals surface area contributed by atoms with Crippen LogP contribution in [0.5, 0.6) is 0 Å². The van der Waals surface area contributed by atoms with Gasteiger partial charge in [0.05, 0.1) is 12.6 Å². The van der Waals surface area contributed by atoms with Gasteiger partial charge in [0, 0.05) is 23.4 Å². The summed E-state index contributed by atoms with van der Waals surface area (Å²) in [5.74, 6) is 0.184. The van der Waals surface area contributed by atoms with Gasteiger partial charge in [-0.15, -0.1) is 5.10 Å². The summed E-state index contributed by atoms with van der Waals surface area (Å²) in [6.45, 7) is 0.245. The number of hydrogen-bond acceptors (Lipinski definition) is 5.